The zero-order valence-corrected chi connectivity index (χ0v) is 13.7. The fourth-order valence-corrected chi connectivity index (χ4v) is 4.36. The topological polar surface area (TPSA) is 40.6 Å². The fourth-order valence-electron chi connectivity index (χ4n) is 4.36. The van der Waals surface area contributed by atoms with E-state index in [0.29, 0.717) is 24.9 Å². The van der Waals surface area contributed by atoms with Crippen molar-refractivity contribution < 1.29 is 9.59 Å². The van der Waals surface area contributed by atoms with Gasteiger partial charge in [-0.1, -0.05) is 30.3 Å². The summed E-state index contributed by atoms with van der Waals surface area (Å²) in [6.07, 6.45) is 4.12. The normalized spacial score (nSPS) is 26.3. The number of amides is 2. The minimum absolute atomic E-state index is 0.123. The van der Waals surface area contributed by atoms with Gasteiger partial charge in [0.2, 0.25) is 11.8 Å². The first-order valence-electron chi connectivity index (χ1n) is 8.73. The van der Waals surface area contributed by atoms with Crippen LogP contribution in [0.1, 0.15) is 44.2 Å². The number of carbonyl (C=O) groups is 2. The van der Waals surface area contributed by atoms with E-state index in [4.69, 9.17) is 0 Å². The van der Waals surface area contributed by atoms with E-state index >= 15 is 0 Å². The molecule has 1 aromatic rings. The Morgan fingerprint density at radius 1 is 1.17 bits per heavy atom. The lowest BCUT2D eigenvalue weighted by Gasteiger charge is -2.59. The number of hydrogen-bond acceptors (Lipinski definition) is 2. The Bertz CT molecular complexity index is 616. The average Bonchev–Trinajstić information content (AvgIpc) is 3.39. The summed E-state index contributed by atoms with van der Waals surface area (Å²) < 4.78 is 0. The Balaban J connectivity index is 1.60. The zero-order chi connectivity index (χ0) is 16.0. The number of carbonyl (C=O) groups excluding carboxylic acids is 2. The third-order valence-corrected chi connectivity index (χ3v) is 5.89. The quantitative estimate of drug-likeness (QED) is 0.805. The predicted molar refractivity (Wildman–Crippen MR) is 87.5 cm³/mol. The average molecular weight is 312 g/mol. The number of benzene rings is 1. The second-order valence-corrected chi connectivity index (χ2v) is 7.38. The fraction of sp³-hybridized carbons (Fsp3) is 0.579. The Morgan fingerprint density at radius 2 is 1.83 bits per heavy atom. The van der Waals surface area contributed by atoms with Gasteiger partial charge >= 0.3 is 0 Å². The summed E-state index contributed by atoms with van der Waals surface area (Å²) in [5.41, 5.74) is 0.978. The second-order valence-electron chi connectivity index (χ2n) is 7.38. The minimum Gasteiger partial charge on any atom is -0.343 e. The van der Waals surface area contributed by atoms with Gasteiger partial charge in [-0.25, -0.2) is 0 Å². The molecule has 1 atom stereocenters. The lowest BCUT2D eigenvalue weighted by molar-refractivity contribution is -0.182. The van der Waals surface area contributed by atoms with Gasteiger partial charge in [-0.3, -0.25) is 9.59 Å². The standard InChI is InChI=1S/C19H24N2O2/c1-14(22)20-11-9-19(10-12-20)17(16-5-3-2-4-6-16)21(18(19)23)13-15-7-8-15/h2-6,15,17H,7-13H2,1H3. The van der Waals surface area contributed by atoms with Crippen LogP contribution in [0.4, 0.5) is 0 Å². The molecule has 0 N–H and O–H groups in total. The van der Waals surface area contributed by atoms with E-state index in [9.17, 15) is 9.59 Å². The summed E-state index contributed by atoms with van der Waals surface area (Å²) >= 11 is 0. The third-order valence-electron chi connectivity index (χ3n) is 5.89. The Labute approximate surface area is 137 Å². The molecule has 3 aliphatic rings. The molecule has 4 heteroatoms. The van der Waals surface area contributed by atoms with Crippen LogP contribution in [0.5, 0.6) is 0 Å². The number of piperidine rings is 1. The van der Waals surface area contributed by atoms with Crippen LogP contribution in [-0.2, 0) is 9.59 Å². The van der Waals surface area contributed by atoms with Gasteiger partial charge < -0.3 is 9.80 Å². The van der Waals surface area contributed by atoms with Crippen LogP contribution in [0.2, 0.25) is 0 Å². The highest BCUT2D eigenvalue weighted by Gasteiger charge is 2.61. The van der Waals surface area contributed by atoms with Crippen LogP contribution >= 0.6 is 0 Å². The van der Waals surface area contributed by atoms with Crippen molar-refractivity contribution in [1.29, 1.82) is 0 Å². The first-order chi connectivity index (χ1) is 11.1. The molecule has 23 heavy (non-hydrogen) atoms. The van der Waals surface area contributed by atoms with E-state index in [2.05, 4.69) is 29.2 Å². The molecule has 3 fully saturated rings. The van der Waals surface area contributed by atoms with Crippen LogP contribution in [0, 0.1) is 11.3 Å². The van der Waals surface area contributed by atoms with E-state index < -0.39 is 0 Å². The predicted octanol–water partition coefficient (Wildman–Crippen LogP) is 2.61. The Morgan fingerprint density at radius 3 is 2.39 bits per heavy atom. The largest absolute Gasteiger partial charge is 0.343 e. The molecule has 1 aromatic carbocycles. The van der Waals surface area contributed by atoms with Crippen molar-refractivity contribution in [2.75, 3.05) is 19.6 Å². The summed E-state index contributed by atoms with van der Waals surface area (Å²) in [5, 5.41) is 0. The number of β-lactam (4-membered cyclic amide) rings is 1. The van der Waals surface area contributed by atoms with Crippen LogP contribution in [-0.4, -0.2) is 41.2 Å². The first kappa shape index (κ1) is 14.7. The van der Waals surface area contributed by atoms with Gasteiger partial charge in [-0.15, -0.1) is 0 Å². The van der Waals surface area contributed by atoms with Crippen molar-refractivity contribution in [3.63, 3.8) is 0 Å². The van der Waals surface area contributed by atoms with Crippen LogP contribution in [0.3, 0.4) is 0 Å². The van der Waals surface area contributed by atoms with E-state index in [1.807, 2.05) is 11.0 Å². The van der Waals surface area contributed by atoms with Crippen molar-refractivity contribution in [2.24, 2.45) is 11.3 Å². The molecule has 2 heterocycles. The SMILES string of the molecule is CC(=O)N1CCC2(CC1)C(=O)N(CC1CC1)C2c1ccccc1. The molecular formula is C19H24N2O2. The second kappa shape index (κ2) is 5.36. The summed E-state index contributed by atoms with van der Waals surface area (Å²) in [7, 11) is 0. The summed E-state index contributed by atoms with van der Waals surface area (Å²) in [4.78, 5) is 28.6. The zero-order valence-electron chi connectivity index (χ0n) is 13.7. The molecule has 1 unspecified atom stereocenters. The molecule has 4 rings (SSSR count). The molecule has 1 saturated carbocycles. The first-order valence-corrected chi connectivity index (χ1v) is 8.73. The van der Waals surface area contributed by atoms with Gasteiger partial charge in [0.25, 0.3) is 0 Å². The molecule has 0 bridgehead atoms. The van der Waals surface area contributed by atoms with E-state index in [-0.39, 0.29) is 17.4 Å². The van der Waals surface area contributed by atoms with Gasteiger partial charge in [-0.2, -0.15) is 0 Å². The van der Waals surface area contributed by atoms with Gasteiger partial charge in [0, 0.05) is 26.6 Å². The molecule has 1 spiro atoms. The van der Waals surface area contributed by atoms with E-state index in [0.717, 1.165) is 19.4 Å². The molecule has 2 amide bonds. The maximum atomic E-state index is 13.0. The van der Waals surface area contributed by atoms with Crippen molar-refractivity contribution in [2.45, 2.75) is 38.6 Å². The lowest BCUT2D eigenvalue weighted by atomic mass is 9.62. The molecule has 122 valence electrons. The number of likely N-dealkylation sites (tertiary alicyclic amines) is 2. The summed E-state index contributed by atoms with van der Waals surface area (Å²) in [6.45, 7) is 3.95. The van der Waals surface area contributed by atoms with E-state index in [1.54, 1.807) is 6.92 Å². The highest BCUT2D eigenvalue weighted by molar-refractivity contribution is 5.91. The van der Waals surface area contributed by atoms with Gasteiger partial charge in [0.05, 0.1) is 11.5 Å². The Hall–Kier alpha value is -1.84. The molecule has 2 saturated heterocycles. The molecular weight excluding hydrogens is 288 g/mol. The molecule has 2 aliphatic heterocycles. The molecule has 0 aromatic heterocycles. The van der Waals surface area contributed by atoms with Crippen molar-refractivity contribution >= 4 is 11.8 Å². The summed E-state index contributed by atoms with van der Waals surface area (Å²) in [6, 6.07) is 10.6. The van der Waals surface area contributed by atoms with Gasteiger partial charge in [0.15, 0.2) is 0 Å². The number of nitrogens with zero attached hydrogens (tertiary/aromatic N) is 2. The van der Waals surface area contributed by atoms with Crippen LogP contribution in [0.15, 0.2) is 30.3 Å². The molecule has 4 nitrogen and oxygen atoms in total. The molecule has 1 aliphatic carbocycles. The number of hydrogen-bond donors (Lipinski definition) is 0. The maximum absolute atomic E-state index is 13.0. The van der Waals surface area contributed by atoms with Crippen molar-refractivity contribution in [3.8, 4) is 0 Å². The van der Waals surface area contributed by atoms with E-state index in [1.165, 1.54) is 18.4 Å². The maximum Gasteiger partial charge on any atom is 0.231 e. The smallest absolute Gasteiger partial charge is 0.231 e. The van der Waals surface area contributed by atoms with Crippen molar-refractivity contribution in [1.82, 2.24) is 9.80 Å². The third kappa shape index (κ3) is 2.35. The minimum atomic E-state index is -0.276. The lowest BCUT2D eigenvalue weighted by Crippen LogP contribution is -2.66. The highest BCUT2D eigenvalue weighted by atomic mass is 16.2. The molecule has 0 radical (unpaired) electrons. The highest BCUT2D eigenvalue weighted by Crippen LogP contribution is 2.56. The Kier molecular flexibility index (Phi) is 3.43. The van der Waals surface area contributed by atoms with Gasteiger partial charge in [0.1, 0.15) is 0 Å². The van der Waals surface area contributed by atoms with Crippen LogP contribution < -0.4 is 0 Å². The number of rotatable bonds is 3. The van der Waals surface area contributed by atoms with Gasteiger partial charge in [-0.05, 0) is 37.2 Å². The van der Waals surface area contributed by atoms with Crippen molar-refractivity contribution in [3.05, 3.63) is 35.9 Å². The monoisotopic (exact) mass is 312 g/mol. The summed E-state index contributed by atoms with van der Waals surface area (Å²) in [5.74, 6) is 1.15. The van der Waals surface area contributed by atoms with Crippen LogP contribution in [0.25, 0.3) is 0 Å².